The highest BCUT2D eigenvalue weighted by Gasteiger charge is 2.16. The normalized spacial score (nSPS) is 12.9. The molecule has 0 aliphatic heterocycles. The highest BCUT2D eigenvalue weighted by molar-refractivity contribution is 9.10. The molecule has 0 aliphatic rings. The first kappa shape index (κ1) is 15.8. The van der Waals surface area contributed by atoms with Gasteiger partial charge in [0.25, 0.3) is 0 Å². The summed E-state index contributed by atoms with van der Waals surface area (Å²) in [7, 11) is -3.84. The smallest absolute Gasteiger partial charge is 0.240 e. The van der Waals surface area contributed by atoms with Gasteiger partial charge in [0.1, 0.15) is 4.90 Å². The molecule has 0 bridgehead atoms. The first-order valence-electron chi connectivity index (χ1n) is 6.21. The minimum atomic E-state index is -3.84. The Bertz CT molecular complexity index is 745. The molecular weight excluding hydrogens is 354 g/mol. The summed E-state index contributed by atoms with van der Waals surface area (Å²) in [5, 5.41) is 8.38. The zero-order valence-corrected chi connectivity index (χ0v) is 13.8. The Balaban J connectivity index is 2.33. The van der Waals surface area contributed by atoms with Crippen LogP contribution in [0.4, 0.5) is 11.4 Å². The number of rotatable bonds is 4. The number of nitrogen functional groups attached to an aromatic ring is 1. The Labute approximate surface area is 132 Å². The Morgan fingerprint density at radius 3 is 2.33 bits per heavy atom. The van der Waals surface area contributed by atoms with E-state index in [1.807, 2.05) is 31.2 Å². The number of hydrogen-bond acceptors (Lipinski definition) is 4. The van der Waals surface area contributed by atoms with Crippen LogP contribution in [0.1, 0.15) is 18.5 Å². The van der Waals surface area contributed by atoms with Gasteiger partial charge in [0.15, 0.2) is 0 Å². The van der Waals surface area contributed by atoms with Crippen molar-refractivity contribution in [3.05, 3.63) is 52.5 Å². The van der Waals surface area contributed by atoms with Crippen LogP contribution in [0.25, 0.3) is 0 Å². The second-order valence-corrected chi connectivity index (χ2v) is 7.16. The molecule has 0 saturated carbocycles. The van der Waals surface area contributed by atoms with Crippen molar-refractivity contribution in [2.45, 2.75) is 17.9 Å². The van der Waals surface area contributed by atoms with Crippen LogP contribution in [0.3, 0.4) is 0 Å². The number of nitrogens with two attached hydrogens (primary N) is 2. The Morgan fingerprint density at radius 2 is 1.76 bits per heavy atom. The minimum absolute atomic E-state index is 0.00791. The molecule has 5 nitrogen and oxygen atoms in total. The molecule has 0 radical (unpaired) electrons. The largest absolute Gasteiger partial charge is 0.399 e. The van der Waals surface area contributed by atoms with Gasteiger partial charge in [-0.25, -0.2) is 13.6 Å². The first-order chi connectivity index (χ1) is 9.77. The fourth-order valence-corrected chi connectivity index (χ4v) is 2.96. The highest BCUT2D eigenvalue weighted by Crippen LogP contribution is 2.27. The van der Waals surface area contributed by atoms with E-state index >= 15 is 0 Å². The van der Waals surface area contributed by atoms with E-state index in [0.717, 1.165) is 10.0 Å². The van der Waals surface area contributed by atoms with Crippen molar-refractivity contribution in [2.75, 3.05) is 11.1 Å². The van der Waals surface area contributed by atoms with E-state index in [9.17, 15) is 8.42 Å². The lowest BCUT2D eigenvalue weighted by molar-refractivity contribution is 0.598. The summed E-state index contributed by atoms with van der Waals surface area (Å²) in [5.74, 6) is 0. The van der Waals surface area contributed by atoms with E-state index in [4.69, 9.17) is 10.9 Å². The second-order valence-electron chi connectivity index (χ2n) is 4.72. The third kappa shape index (κ3) is 3.96. The summed E-state index contributed by atoms with van der Waals surface area (Å²) in [4.78, 5) is -0.00791. The molecule has 0 amide bonds. The number of anilines is 2. The first-order valence-corrected chi connectivity index (χ1v) is 8.55. The number of sulfonamides is 1. The van der Waals surface area contributed by atoms with Crippen molar-refractivity contribution in [3.63, 3.8) is 0 Å². The number of hydrogen-bond donors (Lipinski definition) is 3. The monoisotopic (exact) mass is 369 g/mol. The SMILES string of the molecule is CC(Nc1ccc(N)cc1S(N)(=O)=O)c1ccc(Br)cc1. The molecule has 1 unspecified atom stereocenters. The van der Waals surface area contributed by atoms with E-state index < -0.39 is 10.0 Å². The standard InChI is InChI=1S/C14H16BrN3O2S/c1-9(10-2-4-11(15)5-3-10)18-13-7-6-12(16)8-14(13)21(17,19)20/h2-9,18H,16H2,1H3,(H2,17,19,20). The van der Waals surface area contributed by atoms with E-state index in [1.54, 1.807) is 12.1 Å². The van der Waals surface area contributed by atoms with E-state index in [1.165, 1.54) is 6.07 Å². The van der Waals surface area contributed by atoms with Crippen LogP contribution in [-0.4, -0.2) is 8.42 Å². The van der Waals surface area contributed by atoms with Crippen LogP contribution in [-0.2, 0) is 10.0 Å². The molecular formula is C14H16BrN3O2S. The molecule has 0 aliphatic carbocycles. The Kier molecular flexibility index (Phi) is 4.55. The van der Waals surface area contributed by atoms with Crippen molar-refractivity contribution in [1.82, 2.24) is 0 Å². The maximum absolute atomic E-state index is 11.6. The maximum Gasteiger partial charge on any atom is 0.240 e. The van der Waals surface area contributed by atoms with Gasteiger partial charge in [0.2, 0.25) is 10.0 Å². The lowest BCUT2D eigenvalue weighted by Crippen LogP contribution is -2.16. The van der Waals surface area contributed by atoms with Gasteiger partial charge in [0, 0.05) is 16.2 Å². The molecule has 0 heterocycles. The molecule has 0 saturated heterocycles. The van der Waals surface area contributed by atoms with Gasteiger partial charge in [0.05, 0.1) is 5.69 Å². The van der Waals surface area contributed by atoms with Crippen LogP contribution in [0, 0.1) is 0 Å². The average molecular weight is 370 g/mol. The lowest BCUT2D eigenvalue weighted by atomic mass is 10.1. The molecule has 112 valence electrons. The van der Waals surface area contributed by atoms with Crippen molar-refractivity contribution < 1.29 is 8.42 Å². The van der Waals surface area contributed by atoms with Crippen LogP contribution in [0.2, 0.25) is 0 Å². The fourth-order valence-electron chi connectivity index (χ4n) is 1.96. The van der Waals surface area contributed by atoms with Gasteiger partial charge in [-0.05, 0) is 42.8 Å². The fraction of sp³-hybridized carbons (Fsp3) is 0.143. The van der Waals surface area contributed by atoms with Gasteiger partial charge < -0.3 is 11.1 Å². The molecule has 0 fully saturated rings. The molecule has 1 atom stereocenters. The molecule has 2 rings (SSSR count). The Hall–Kier alpha value is -1.57. The molecule has 2 aromatic carbocycles. The number of primary sulfonamides is 1. The number of benzene rings is 2. The van der Waals surface area contributed by atoms with Crippen molar-refractivity contribution in [3.8, 4) is 0 Å². The quantitative estimate of drug-likeness (QED) is 0.721. The van der Waals surface area contributed by atoms with Crippen LogP contribution in [0.5, 0.6) is 0 Å². The minimum Gasteiger partial charge on any atom is -0.399 e. The summed E-state index contributed by atoms with van der Waals surface area (Å²) in [6.45, 7) is 1.94. The van der Waals surface area contributed by atoms with E-state index in [2.05, 4.69) is 21.2 Å². The summed E-state index contributed by atoms with van der Waals surface area (Å²) >= 11 is 3.38. The summed E-state index contributed by atoms with van der Waals surface area (Å²) in [6.07, 6.45) is 0. The van der Waals surface area contributed by atoms with E-state index in [0.29, 0.717) is 11.4 Å². The highest BCUT2D eigenvalue weighted by atomic mass is 79.9. The number of halogens is 1. The topological polar surface area (TPSA) is 98.2 Å². The molecule has 5 N–H and O–H groups in total. The van der Waals surface area contributed by atoms with Gasteiger partial charge in [-0.15, -0.1) is 0 Å². The van der Waals surface area contributed by atoms with Crippen LogP contribution in [0.15, 0.2) is 51.8 Å². The van der Waals surface area contributed by atoms with Crippen molar-refractivity contribution in [1.29, 1.82) is 0 Å². The van der Waals surface area contributed by atoms with E-state index in [-0.39, 0.29) is 10.9 Å². The predicted octanol–water partition coefficient (Wildman–Crippen LogP) is 2.85. The molecule has 7 heteroatoms. The maximum atomic E-state index is 11.6. The lowest BCUT2D eigenvalue weighted by Gasteiger charge is -2.18. The van der Waals surface area contributed by atoms with Crippen molar-refractivity contribution in [2.24, 2.45) is 5.14 Å². The van der Waals surface area contributed by atoms with Gasteiger partial charge in [-0.2, -0.15) is 0 Å². The summed E-state index contributed by atoms with van der Waals surface area (Å²) < 4.78 is 24.3. The summed E-state index contributed by atoms with van der Waals surface area (Å²) in [5.41, 5.74) is 7.43. The second kappa shape index (κ2) is 6.05. The van der Waals surface area contributed by atoms with Gasteiger partial charge >= 0.3 is 0 Å². The van der Waals surface area contributed by atoms with Crippen molar-refractivity contribution >= 4 is 37.3 Å². The number of nitrogens with one attached hydrogen (secondary N) is 1. The molecule has 21 heavy (non-hydrogen) atoms. The zero-order chi connectivity index (χ0) is 15.6. The van der Waals surface area contributed by atoms with Gasteiger partial charge in [-0.1, -0.05) is 28.1 Å². The molecule has 0 spiro atoms. The summed E-state index contributed by atoms with van der Waals surface area (Å²) in [6, 6.07) is 12.3. The van der Waals surface area contributed by atoms with Crippen LogP contribution < -0.4 is 16.2 Å². The van der Waals surface area contributed by atoms with Gasteiger partial charge in [-0.3, -0.25) is 0 Å². The third-order valence-corrected chi connectivity index (χ3v) is 4.53. The zero-order valence-electron chi connectivity index (χ0n) is 11.4. The molecule has 2 aromatic rings. The third-order valence-electron chi connectivity index (χ3n) is 3.05. The van der Waals surface area contributed by atoms with Crippen LogP contribution >= 0.6 is 15.9 Å². The molecule has 0 aromatic heterocycles. The average Bonchev–Trinajstić information content (AvgIpc) is 2.40. The predicted molar refractivity (Wildman–Crippen MR) is 88.4 cm³/mol. The Morgan fingerprint density at radius 1 is 1.14 bits per heavy atom.